The molecule has 0 saturated heterocycles. The Morgan fingerprint density at radius 1 is 1.23 bits per heavy atom. The Morgan fingerprint density at radius 3 is 2.73 bits per heavy atom. The highest BCUT2D eigenvalue weighted by molar-refractivity contribution is 5.91. The molecule has 0 atom stereocenters. The third kappa shape index (κ3) is 3.96. The van der Waals surface area contributed by atoms with Crippen LogP contribution in [0.2, 0.25) is 0 Å². The summed E-state index contributed by atoms with van der Waals surface area (Å²) in [7, 11) is 1.61. The fraction of sp³-hybridized carbons (Fsp3) is 0.300. The van der Waals surface area contributed by atoms with Gasteiger partial charge in [0.2, 0.25) is 0 Å². The molecule has 3 rings (SSSR count). The third-order valence-electron chi connectivity index (χ3n) is 3.89. The minimum Gasteiger partial charge on any atom is -0.496 e. The highest BCUT2D eigenvalue weighted by Crippen LogP contribution is 2.30. The van der Waals surface area contributed by atoms with E-state index < -0.39 is 0 Å². The summed E-state index contributed by atoms with van der Waals surface area (Å²) in [6.45, 7) is 5.06. The maximum atomic E-state index is 12.7. The van der Waals surface area contributed by atoms with Gasteiger partial charge in [-0.3, -0.25) is 4.79 Å². The zero-order valence-corrected chi connectivity index (χ0v) is 15.1. The predicted octanol–water partition coefficient (Wildman–Crippen LogP) is 4.24. The van der Waals surface area contributed by atoms with Crippen molar-refractivity contribution >= 4 is 5.91 Å². The zero-order chi connectivity index (χ0) is 18.5. The number of carbonyl (C=O) groups excluding carboxylic acids is 1. The first kappa shape index (κ1) is 17.8. The Kier molecular flexibility index (Phi) is 5.41. The van der Waals surface area contributed by atoms with Crippen molar-refractivity contribution in [3.05, 3.63) is 60.2 Å². The topological polar surface area (TPSA) is 68.7 Å². The van der Waals surface area contributed by atoms with E-state index in [9.17, 15) is 4.79 Å². The summed E-state index contributed by atoms with van der Waals surface area (Å²) in [5.74, 6) is 1.78. The fourth-order valence-electron chi connectivity index (χ4n) is 2.77. The number of rotatable bonds is 7. The van der Waals surface area contributed by atoms with Gasteiger partial charge in [0.05, 0.1) is 25.5 Å². The van der Waals surface area contributed by atoms with Crippen LogP contribution in [0.1, 0.15) is 30.1 Å². The van der Waals surface area contributed by atoms with Crippen LogP contribution < -0.4 is 4.74 Å². The Hall–Kier alpha value is -3.02. The van der Waals surface area contributed by atoms with Crippen molar-refractivity contribution in [1.82, 2.24) is 10.1 Å². The van der Waals surface area contributed by atoms with Gasteiger partial charge in [-0.1, -0.05) is 31.1 Å². The smallest absolute Gasteiger partial charge is 0.289 e. The lowest BCUT2D eigenvalue weighted by Gasteiger charge is -2.22. The van der Waals surface area contributed by atoms with Crippen LogP contribution in [-0.2, 0) is 6.54 Å². The molecule has 0 N–H and O–H groups in total. The minimum absolute atomic E-state index is 0.162. The molecule has 0 bridgehead atoms. The molecule has 1 aromatic carbocycles. The predicted molar refractivity (Wildman–Crippen MR) is 96.8 cm³/mol. The Balaban J connectivity index is 1.82. The molecule has 2 aromatic heterocycles. The van der Waals surface area contributed by atoms with Crippen molar-refractivity contribution in [2.24, 2.45) is 5.92 Å². The second-order valence-electron chi connectivity index (χ2n) is 6.44. The van der Waals surface area contributed by atoms with Crippen molar-refractivity contribution in [3.63, 3.8) is 0 Å². The van der Waals surface area contributed by atoms with Crippen molar-refractivity contribution in [1.29, 1.82) is 0 Å². The Morgan fingerprint density at radius 2 is 2.04 bits per heavy atom. The number of hydrogen-bond donors (Lipinski definition) is 0. The third-order valence-corrected chi connectivity index (χ3v) is 3.89. The minimum atomic E-state index is -0.162. The van der Waals surface area contributed by atoms with Gasteiger partial charge in [-0.2, -0.15) is 0 Å². The number of aromatic nitrogens is 1. The normalized spacial score (nSPS) is 10.9. The molecule has 2 heterocycles. The molecular weight excluding hydrogens is 332 g/mol. The maximum Gasteiger partial charge on any atom is 0.289 e. The number of benzene rings is 1. The second-order valence-corrected chi connectivity index (χ2v) is 6.44. The first-order chi connectivity index (χ1) is 12.6. The van der Waals surface area contributed by atoms with Crippen molar-refractivity contribution in [2.75, 3.05) is 13.7 Å². The highest BCUT2D eigenvalue weighted by Gasteiger charge is 2.21. The van der Waals surface area contributed by atoms with E-state index in [0.29, 0.717) is 42.0 Å². The summed E-state index contributed by atoms with van der Waals surface area (Å²) < 4.78 is 16.1. The van der Waals surface area contributed by atoms with E-state index in [0.717, 1.165) is 5.56 Å². The number of furan rings is 1. The first-order valence-electron chi connectivity index (χ1n) is 8.50. The summed E-state index contributed by atoms with van der Waals surface area (Å²) in [4.78, 5) is 14.4. The molecule has 0 aliphatic carbocycles. The zero-order valence-electron chi connectivity index (χ0n) is 15.1. The van der Waals surface area contributed by atoms with Gasteiger partial charge in [-0.05, 0) is 30.2 Å². The molecule has 6 heteroatoms. The number of hydrogen-bond acceptors (Lipinski definition) is 5. The molecule has 0 aliphatic rings. The van der Waals surface area contributed by atoms with Crippen molar-refractivity contribution in [3.8, 4) is 17.1 Å². The fourth-order valence-corrected chi connectivity index (χ4v) is 2.77. The van der Waals surface area contributed by atoms with Crippen LogP contribution in [0.4, 0.5) is 0 Å². The largest absolute Gasteiger partial charge is 0.496 e. The van der Waals surface area contributed by atoms with E-state index in [1.54, 1.807) is 24.1 Å². The molecule has 6 nitrogen and oxygen atoms in total. The number of amides is 1. The van der Waals surface area contributed by atoms with E-state index >= 15 is 0 Å². The summed E-state index contributed by atoms with van der Waals surface area (Å²) >= 11 is 0. The molecule has 0 saturated carbocycles. The number of nitrogens with zero attached hydrogens (tertiary/aromatic N) is 2. The Bertz CT molecular complexity index is 852. The monoisotopic (exact) mass is 354 g/mol. The SMILES string of the molecule is COc1ccccc1-c1cc(CN(CC(C)C)C(=O)c2ccco2)no1. The molecule has 1 amide bonds. The van der Waals surface area contributed by atoms with E-state index in [4.69, 9.17) is 13.7 Å². The van der Waals surface area contributed by atoms with Gasteiger partial charge >= 0.3 is 0 Å². The van der Waals surface area contributed by atoms with E-state index in [1.807, 2.05) is 30.3 Å². The van der Waals surface area contributed by atoms with Gasteiger partial charge in [0, 0.05) is 12.6 Å². The lowest BCUT2D eigenvalue weighted by molar-refractivity contribution is 0.0686. The summed E-state index contributed by atoms with van der Waals surface area (Å²) in [6.07, 6.45) is 1.50. The second kappa shape index (κ2) is 7.91. The number of ether oxygens (including phenoxy) is 1. The van der Waals surface area contributed by atoms with Crippen LogP contribution in [0, 0.1) is 5.92 Å². The molecule has 0 unspecified atom stereocenters. The molecule has 3 aromatic rings. The van der Waals surface area contributed by atoms with Crippen LogP contribution in [0.25, 0.3) is 11.3 Å². The Labute approximate surface area is 152 Å². The molecule has 0 aliphatic heterocycles. The van der Waals surface area contributed by atoms with Crippen LogP contribution >= 0.6 is 0 Å². The van der Waals surface area contributed by atoms with E-state index in [2.05, 4.69) is 19.0 Å². The summed E-state index contributed by atoms with van der Waals surface area (Å²) in [5.41, 5.74) is 1.49. The van der Waals surface area contributed by atoms with Gasteiger partial charge in [0.15, 0.2) is 11.5 Å². The van der Waals surface area contributed by atoms with Crippen LogP contribution in [0.3, 0.4) is 0 Å². The maximum absolute atomic E-state index is 12.7. The highest BCUT2D eigenvalue weighted by atomic mass is 16.5. The molecule has 26 heavy (non-hydrogen) atoms. The van der Waals surface area contributed by atoms with Crippen LogP contribution in [0.15, 0.2) is 57.7 Å². The molecule has 0 fully saturated rings. The lowest BCUT2D eigenvalue weighted by Crippen LogP contribution is -2.33. The first-order valence-corrected chi connectivity index (χ1v) is 8.50. The van der Waals surface area contributed by atoms with E-state index in [1.165, 1.54) is 6.26 Å². The summed E-state index contributed by atoms with van der Waals surface area (Å²) in [6, 6.07) is 12.8. The van der Waals surface area contributed by atoms with Gasteiger partial charge < -0.3 is 18.6 Å². The quantitative estimate of drug-likeness (QED) is 0.635. The van der Waals surface area contributed by atoms with Crippen LogP contribution in [-0.4, -0.2) is 29.6 Å². The molecule has 136 valence electrons. The average molecular weight is 354 g/mol. The van der Waals surface area contributed by atoms with Gasteiger partial charge in [0.1, 0.15) is 11.4 Å². The number of carbonyl (C=O) groups is 1. The molecular formula is C20H22N2O4. The average Bonchev–Trinajstić information content (AvgIpc) is 3.32. The number of methoxy groups -OCH3 is 1. The number of para-hydroxylation sites is 1. The lowest BCUT2D eigenvalue weighted by atomic mass is 10.1. The van der Waals surface area contributed by atoms with Gasteiger partial charge in [-0.25, -0.2) is 0 Å². The van der Waals surface area contributed by atoms with Gasteiger partial charge in [0.25, 0.3) is 5.91 Å². The molecule has 0 radical (unpaired) electrons. The van der Waals surface area contributed by atoms with Gasteiger partial charge in [-0.15, -0.1) is 0 Å². The summed E-state index contributed by atoms with van der Waals surface area (Å²) in [5, 5.41) is 4.12. The van der Waals surface area contributed by atoms with E-state index in [-0.39, 0.29) is 5.91 Å². The van der Waals surface area contributed by atoms with Crippen LogP contribution in [0.5, 0.6) is 5.75 Å². The molecule has 0 spiro atoms. The van der Waals surface area contributed by atoms with Crippen molar-refractivity contribution < 1.29 is 18.5 Å². The standard InChI is InChI=1S/C20H22N2O4/c1-14(2)12-22(20(23)18-9-6-10-25-18)13-15-11-19(26-21-15)16-7-4-5-8-17(16)24-3/h4-11,14H,12-13H2,1-3H3. The van der Waals surface area contributed by atoms with Crippen molar-refractivity contribution in [2.45, 2.75) is 20.4 Å².